The Balaban J connectivity index is 1.64. The van der Waals surface area contributed by atoms with Gasteiger partial charge in [-0.05, 0) is 48.4 Å². The van der Waals surface area contributed by atoms with E-state index in [-0.39, 0.29) is 30.4 Å². The van der Waals surface area contributed by atoms with Gasteiger partial charge in [0.15, 0.2) is 5.82 Å². The van der Waals surface area contributed by atoms with Gasteiger partial charge in [0, 0.05) is 18.6 Å². The number of aryl methyl sites for hydroxylation is 1. The van der Waals surface area contributed by atoms with Crippen molar-refractivity contribution in [3.63, 3.8) is 0 Å². The highest BCUT2D eigenvalue weighted by atomic mass is 16.5. The molecule has 2 aromatic rings. The van der Waals surface area contributed by atoms with Gasteiger partial charge < -0.3 is 14.6 Å². The number of carbonyl (C=O) groups excluding carboxylic acids is 1. The summed E-state index contributed by atoms with van der Waals surface area (Å²) >= 11 is 0. The molecule has 0 fully saturated rings. The smallest absolute Gasteiger partial charge is 0.352 e. The lowest BCUT2D eigenvalue weighted by molar-refractivity contribution is -0.116. The Morgan fingerprint density at radius 1 is 1.16 bits per heavy atom. The van der Waals surface area contributed by atoms with Crippen LogP contribution in [-0.2, 0) is 17.9 Å². The van der Waals surface area contributed by atoms with Crippen LogP contribution >= 0.6 is 0 Å². The third-order valence-electron chi connectivity index (χ3n) is 4.96. The van der Waals surface area contributed by atoms with E-state index in [0.29, 0.717) is 17.0 Å². The molecule has 0 aliphatic carbocycles. The van der Waals surface area contributed by atoms with E-state index in [2.05, 4.69) is 15.3 Å². The molecule has 0 unspecified atom stereocenters. The highest BCUT2D eigenvalue weighted by molar-refractivity contribution is 5.92. The molecule has 1 aromatic heterocycles. The van der Waals surface area contributed by atoms with E-state index in [1.54, 1.807) is 55.0 Å². The molecule has 3 heterocycles. The Bertz CT molecular complexity index is 1360. The van der Waals surface area contributed by atoms with E-state index >= 15 is 0 Å². The predicted molar refractivity (Wildman–Crippen MR) is 119 cm³/mol. The van der Waals surface area contributed by atoms with Gasteiger partial charge in [0.1, 0.15) is 12.3 Å². The van der Waals surface area contributed by atoms with E-state index in [1.165, 1.54) is 11.7 Å². The first-order chi connectivity index (χ1) is 15.5. The number of anilines is 1. The number of fused-ring (bicyclic) bond motifs is 1. The van der Waals surface area contributed by atoms with E-state index in [4.69, 9.17) is 4.74 Å². The molecule has 1 amide bonds. The van der Waals surface area contributed by atoms with Gasteiger partial charge in [0.2, 0.25) is 5.91 Å². The molecule has 9 nitrogen and oxygen atoms in total. The van der Waals surface area contributed by atoms with Crippen molar-refractivity contribution in [3.05, 3.63) is 93.0 Å². The quantitative estimate of drug-likeness (QED) is 0.500. The lowest BCUT2D eigenvalue weighted by Gasteiger charge is -2.16. The first-order valence-electron chi connectivity index (χ1n) is 9.89. The van der Waals surface area contributed by atoms with Crippen LogP contribution in [-0.4, -0.2) is 32.1 Å². The number of hydrogen-bond acceptors (Lipinski definition) is 6. The van der Waals surface area contributed by atoms with Crippen molar-refractivity contribution in [1.82, 2.24) is 19.1 Å². The van der Waals surface area contributed by atoms with Crippen LogP contribution in [0.15, 0.2) is 70.6 Å². The summed E-state index contributed by atoms with van der Waals surface area (Å²) in [5, 5.41) is 2.81. The number of pyridine rings is 2. The topological polar surface area (TPSA) is 108 Å². The standard InChI is InChI=1S/C23H21N5O4/c1-15-7-8-19(32-2)18(11-15)25-20(29)14-27-10-4-6-17-21(27)26-23(31)28(22(17)30)13-16-5-3-9-24-12-16/h3-12H,13-14H2,1-2H3,(H,25,29). The van der Waals surface area contributed by atoms with E-state index in [9.17, 15) is 14.4 Å². The molecule has 32 heavy (non-hydrogen) atoms. The zero-order valence-corrected chi connectivity index (χ0v) is 17.6. The molecule has 0 bridgehead atoms. The molecular formula is C23H21N5O4. The molecule has 162 valence electrons. The molecule has 2 aliphatic rings. The molecule has 0 saturated heterocycles. The second kappa shape index (κ2) is 8.84. The maximum Gasteiger partial charge on any atom is 0.352 e. The molecular weight excluding hydrogens is 410 g/mol. The SMILES string of the molecule is COc1ccc(C)cc1NC(=O)Cn1cccc2c(=O)n(Cc3cccnc3)c(=O)nc1-2. The van der Waals surface area contributed by atoms with Crippen LogP contribution in [0.3, 0.4) is 0 Å². The minimum atomic E-state index is -0.688. The molecule has 1 N–H and O–H groups in total. The summed E-state index contributed by atoms with van der Waals surface area (Å²) in [5.74, 6) is 0.335. The molecule has 0 radical (unpaired) electrons. The summed E-state index contributed by atoms with van der Waals surface area (Å²) in [6.07, 6.45) is 4.81. The van der Waals surface area contributed by atoms with Gasteiger partial charge in [0.05, 0.1) is 24.9 Å². The van der Waals surface area contributed by atoms with Gasteiger partial charge in [-0.2, -0.15) is 4.98 Å². The number of benzene rings is 1. The van der Waals surface area contributed by atoms with Crippen molar-refractivity contribution in [1.29, 1.82) is 0 Å². The maximum atomic E-state index is 13.0. The zero-order valence-electron chi connectivity index (χ0n) is 17.6. The van der Waals surface area contributed by atoms with Crippen molar-refractivity contribution in [2.24, 2.45) is 0 Å². The van der Waals surface area contributed by atoms with E-state index in [0.717, 1.165) is 10.1 Å². The maximum absolute atomic E-state index is 13.0. The van der Waals surface area contributed by atoms with Gasteiger partial charge in [-0.3, -0.25) is 19.1 Å². The molecule has 9 heteroatoms. The minimum absolute atomic E-state index is 0.0664. The monoisotopic (exact) mass is 431 g/mol. The average Bonchev–Trinajstić information content (AvgIpc) is 2.78. The Morgan fingerprint density at radius 2 is 2.00 bits per heavy atom. The summed E-state index contributed by atoms with van der Waals surface area (Å²) in [6.45, 7) is 1.84. The van der Waals surface area contributed by atoms with Crippen molar-refractivity contribution >= 4 is 11.6 Å². The summed E-state index contributed by atoms with van der Waals surface area (Å²) in [5.41, 5.74) is 1.30. The molecule has 0 atom stereocenters. The third kappa shape index (κ3) is 4.27. The largest absolute Gasteiger partial charge is 0.495 e. The number of nitrogens with zero attached hydrogens (tertiary/aromatic N) is 4. The van der Waals surface area contributed by atoms with Crippen LogP contribution in [0.5, 0.6) is 5.75 Å². The summed E-state index contributed by atoms with van der Waals surface area (Å²) in [4.78, 5) is 46.4. The van der Waals surface area contributed by atoms with Crippen molar-refractivity contribution in [2.75, 3.05) is 12.4 Å². The molecule has 2 aliphatic heterocycles. The Labute approximate surface area is 183 Å². The molecule has 0 spiro atoms. The Hall–Kier alpha value is -4.27. The fraction of sp³-hybridized carbons (Fsp3) is 0.174. The molecule has 1 aromatic carbocycles. The van der Waals surface area contributed by atoms with E-state index in [1.807, 2.05) is 13.0 Å². The fourth-order valence-corrected chi connectivity index (χ4v) is 3.42. The number of nitrogens with one attached hydrogen (secondary N) is 1. The molecule has 4 rings (SSSR count). The molecule has 0 saturated carbocycles. The van der Waals surface area contributed by atoms with E-state index < -0.39 is 11.2 Å². The number of hydrogen-bond donors (Lipinski definition) is 1. The summed E-state index contributed by atoms with van der Waals surface area (Å²) < 4.78 is 7.82. The minimum Gasteiger partial charge on any atom is -0.495 e. The number of methoxy groups -OCH3 is 1. The normalized spacial score (nSPS) is 10.8. The lowest BCUT2D eigenvalue weighted by atomic mass is 10.2. The summed E-state index contributed by atoms with van der Waals surface area (Å²) in [6, 6.07) is 12.2. The van der Waals surface area contributed by atoms with Crippen LogP contribution in [0, 0.1) is 6.92 Å². The van der Waals surface area contributed by atoms with Gasteiger partial charge in [-0.15, -0.1) is 0 Å². The number of carbonyl (C=O) groups is 1. The van der Waals surface area contributed by atoms with Crippen LogP contribution in [0.2, 0.25) is 0 Å². The van der Waals surface area contributed by atoms with Gasteiger partial charge in [-0.25, -0.2) is 4.79 Å². The number of rotatable bonds is 6. The lowest BCUT2D eigenvalue weighted by Crippen LogP contribution is -2.38. The summed E-state index contributed by atoms with van der Waals surface area (Å²) in [7, 11) is 1.52. The van der Waals surface area contributed by atoms with Gasteiger partial charge in [0.25, 0.3) is 5.56 Å². The zero-order chi connectivity index (χ0) is 22.7. The van der Waals surface area contributed by atoms with Crippen LogP contribution in [0.1, 0.15) is 11.1 Å². The second-order valence-electron chi connectivity index (χ2n) is 7.27. The van der Waals surface area contributed by atoms with Crippen molar-refractivity contribution in [2.45, 2.75) is 20.0 Å². The average molecular weight is 431 g/mol. The number of aromatic nitrogens is 4. The number of ether oxygens (including phenoxy) is 1. The predicted octanol–water partition coefficient (Wildman–Crippen LogP) is 1.91. The third-order valence-corrected chi connectivity index (χ3v) is 4.96. The van der Waals surface area contributed by atoms with Crippen LogP contribution in [0.25, 0.3) is 11.4 Å². The fourth-order valence-electron chi connectivity index (χ4n) is 3.42. The number of amides is 1. The van der Waals surface area contributed by atoms with Crippen molar-refractivity contribution in [3.8, 4) is 17.1 Å². The second-order valence-corrected chi connectivity index (χ2v) is 7.27. The van der Waals surface area contributed by atoms with Gasteiger partial charge >= 0.3 is 5.69 Å². The Morgan fingerprint density at radius 3 is 2.75 bits per heavy atom. The first kappa shape index (κ1) is 21.0. The first-order valence-corrected chi connectivity index (χ1v) is 9.89. The van der Waals surface area contributed by atoms with Crippen LogP contribution < -0.4 is 21.3 Å². The van der Waals surface area contributed by atoms with Crippen LogP contribution in [0.4, 0.5) is 5.69 Å². The Kier molecular flexibility index (Phi) is 5.80. The van der Waals surface area contributed by atoms with Gasteiger partial charge in [-0.1, -0.05) is 12.1 Å². The van der Waals surface area contributed by atoms with Crippen molar-refractivity contribution < 1.29 is 9.53 Å². The highest BCUT2D eigenvalue weighted by Crippen LogP contribution is 2.25. The highest BCUT2D eigenvalue weighted by Gasteiger charge is 2.19.